The van der Waals surface area contributed by atoms with Gasteiger partial charge in [0.05, 0.1) is 16.7 Å². The van der Waals surface area contributed by atoms with E-state index in [1.54, 1.807) is 0 Å². The molecule has 8 rings (SSSR count). The number of hydrogen-bond donors (Lipinski definition) is 0. The monoisotopic (exact) mass is 546 g/mol. The van der Waals surface area contributed by atoms with Crippen molar-refractivity contribution in [3.05, 3.63) is 124 Å². The smallest absolute Gasteiger partial charge is 0.0644 e. The van der Waals surface area contributed by atoms with Crippen molar-refractivity contribution in [3.8, 4) is 16.8 Å². The second-order valence-electron chi connectivity index (χ2n) is 13.5. The van der Waals surface area contributed by atoms with Crippen molar-refractivity contribution in [3.63, 3.8) is 0 Å². The maximum absolute atomic E-state index is 2.53. The van der Waals surface area contributed by atoms with Crippen LogP contribution in [0.15, 0.2) is 96.7 Å². The Balaban J connectivity index is 1.27. The van der Waals surface area contributed by atoms with Crippen molar-refractivity contribution >= 4 is 34.2 Å². The van der Waals surface area contributed by atoms with Crippen molar-refractivity contribution in [2.75, 3.05) is 0 Å². The van der Waals surface area contributed by atoms with E-state index in [4.69, 9.17) is 0 Å². The molecule has 0 saturated heterocycles. The van der Waals surface area contributed by atoms with Crippen LogP contribution in [0.1, 0.15) is 70.7 Å². The Kier molecular flexibility index (Phi) is 5.35. The average molecular weight is 547 g/mol. The molecule has 2 heteroatoms. The van der Waals surface area contributed by atoms with Gasteiger partial charge in [0.1, 0.15) is 0 Å². The lowest BCUT2D eigenvalue weighted by Gasteiger charge is -2.25. The van der Waals surface area contributed by atoms with Crippen LogP contribution in [0.25, 0.3) is 51.0 Å². The second-order valence-corrected chi connectivity index (χ2v) is 13.5. The molecule has 3 aliphatic rings. The summed E-state index contributed by atoms with van der Waals surface area (Å²) in [5, 5.41) is 4.09. The van der Waals surface area contributed by atoms with Crippen LogP contribution in [-0.2, 0) is 11.0 Å². The molecule has 42 heavy (non-hydrogen) atoms. The van der Waals surface area contributed by atoms with Gasteiger partial charge >= 0.3 is 0 Å². The summed E-state index contributed by atoms with van der Waals surface area (Å²) in [6, 6.07) is 29.2. The van der Waals surface area contributed by atoms with Crippen LogP contribution < -0.4 is 10.6 Å². The summed E-state index contributed by atoms with van der Waals surface area (Å²) in [4.78, 5) is 0. The minimum atomic E-state index is -0.109. The van der Waals surface area contributed by atoms with Crippen molar-refractivity contribution < 1.29 is 0 Å². The minimum absolute atomic E-state index is 0.0672. The van der Waals surface area contributed by atoms with Crippen LogP contribution in [0.2, 0.25) is 0 Å². The summed E-state index contributed by atoms with van der Waals surface area (Å²) in [7, 11) is 0. The van der Waals surface area contributed by atoms with Gasteiger partial charge in [-0.05, 0) is 103 Å². The number of rotatable bonds is 3. The van der Waals surface area contributed by atoms with Crippen LogP contribution in [0.3, 0.4) is 0 Å². The molecular weight excluding hydrogens is 508 g/mol. The van der Waals surface area contributed by atoms with Crippen molar-refractivity contribution in [1.29, 1.82) is 0 Å². The first kappa shape index (κ1) is 25.4. The highest BCUT2D eigenvalue weighted by molar-refractivity contribution is 5.89. The molecule has 3 heterocycles. The summed E-state index contributed by atoms with van der Waals surface area (Å²) in [6.45, 7) is 11.9. The van der Waals surface area contributed by atoms with Gasteiger partial charge in [0.2, 0.25) is 0 Å². The van der Waals surface area contributed by atoms with E-state index in [0.717, 1.165) is 19.3 Å². The van der Waals surface area contributed by atoms with E-state index in [1.165, 1.54) is 71.8 Å². The summed E-state index contributed by atoms with van der Waals surface area (Å²) in [5.41, 5.74) is 13.6. The Morgan fingerprint density at radius 1 is 0.786 bits per heavy atom. The maximum atomic E-state index is 2.53. The number of benzene rings is 3. The number of hydrogen-bond acceptors (Lipinski definition) is 0. The van der Waals surface area contributed by atoms with Gasteiger partial charge in [-0.25, -0.2) is 0 Å². The predicted octanol–water partition coefficient (Wildman–Crippen LogP) is 8.74. The second kappa shape index (κ2) is 8.85. The van der Waals surface area contributed by atoms with E-state index in [0.29, 0.717) is 0 Å². The van der Waals surface area contributed by atoms with Crippen LogP contribution in [0, 0.1) is 0 Å². The Bertz CT molecular complexity index is 2110. The maximum Gasteiger partial charge on any atom is 0.0644 e. The molecule has 0 fully saturated rings. The normalized spacial score (nSPS) is 19.0. The SMILES string of the molecule is CC1=C(/C=C2\CC(C)(C)c3cc(-n4c5c(c6ccccc64)=CCCC=5)ccc32)C(C)(C)n2ccc(-c3ccccc3)c21. The number of aromatic nitrogens is 2. The predicted molar refractivity (Wildman–Crippen MR) is 178 cm³/mol. The summed E-state index contributed by atoms with van der Waals surface area (Å²) in [5.74, 6) is 0. The number of para-hydroxylation sites is 1. The van der Waals surface area contributed by atoms with E-state index < -0.39 is 0 Å². The molecule has 0 bridgehead atoms. The van der Waals surface area contributed by atoms with E-state index in [-0.39, 0.29) is 11.0 Å². The topological polar surface area (TPSA) is 9.86 Å². The fraction of sp³-hybridized carbons (Fsp3) is 0.250. The highest BCUT2D eigenvalue weighted by atomic mass is 15.1. The molecule has 2 aromatic heterocycles. The highest BCUT2D eigenvalue weighted by Gasteiger charge is 2.39. The first-order valence-corrected chi connectivity index (χ1v) is 15.4. The number of fused-ring (bicyclic) bond motifs is 5. The summed E-state index contributed by atoms with van der Waals surface area (Å²) < 4.78 is 4.97. The van der Waals surface area contributed by atoms with Gasteiger partial charge in [-0.15, -0.1) is 0 Å². The third-order valence-corrected chi connectivity index (χ3v) is 10.1. The third-order valence-electron chi connectivity index (χ3n) is 10.1. The molecule has 0 amide bonds. The van der Waals surface area contributed by atoms with Crippen LogP contribution in [0.5, 0.6) is 0 Å². The number of allylic oxidation sites excluding steroid dienone is 4. The van der Waals surface area contributed by atoms with Crippen LogP contribution >= 0.6 is 0 Å². The molecule has 2 nitrogen and oxygen atoms in total. The highest BCUT2D eigenvalue weighted by Crippen LogP contribution is 2.50. The Labute approximate surface area is 248 Å². The lowest BCUT2D eigenvalue weighted by atomic mass is 9.85. The fourth-order valence-corrected chi connectivity index (χ4v) is 8.04. The lowest BCUT2D eigenvalue weighted by molar-refractivity contribution is 0.451. The van der Waals surface area contributed by atoms with Crippen LogP contribution in [0.4, 0.5) is 0 Å². The van der Waals surface area contributed by atoms with Gasteiger partial charge in [-0.1, -0.05) is 86.7 Å². The Hall–Kier alpha value is -4.30. The average Bonchev–Trinajstić information content (AvgIpc) is 3.70. The first-order valence-electron chi connectivity index (χ1n) is 15.4. The van der Waals surface area contributed by atoms with Crippen molar-refractivity contribution in [2.45, 2.75) is 64.8 Å². The zero-order chi connectivity index (χ0) is 28.8. The van der Waals surface area contributed by atoms with E-state index in [1.807, 2.05) is 0 Å². The largest absolute Gasteiger partial charge is 0.338 e. The fourth-order valence-electron chi connectivity index (χ4n) is 8.04. The molecular formula is C40H38N2. The van der Waals surface area contributed by atoms with Crippen molar-refractivity contribution in [2.24, 2.45) is 0 Å². The molecule has 5 aromatic rings. The molecule has 0 N–H and O–H groups in total. The van der Waals surface area contributed by atoms with E-state index >= 15 is 0 Å². The molecule has 3 aromatic carbocycles. The lowest BCUT2D eigenvalue weighted by Crippen LogP contribution is -2.30. The van der Waals surface area contributed by atoms with Gasteiger partial charge < -0.3 is 9.13 Å². The van der Waals surface area contributed by atoms with Gasteiger partial charge in [-0.2, -0.15) is 0 Å². The quantitative estimate of drug-likeness (QED) is 0.214. The zero-order valence-electron chi connectivity index (χ0n) is 25.3. The van der Waals surface area contributed by atoms with Gasteiger partial charge in [0, 0.05) is 33.4 Å². The first-order chi connectivity index (χ1) is 20.3. The van der Waals surface area contributed by atoms with E-state index in [2.05, 4.69) is 147 Å². The van der Waals surface area contributed by atoms with E-state index in [9.17, 15) is 0 Å². The molecule has 1 aliphatic heterocycles. The van der Waals surface area contributed by atoms with Gasteiger partial charge in [-0.3, -0.25) is 0 Å². The molecule has 208 valence electrons. The zero-order valence-corrected chi connectivity index (χ0v) is 25.3. The molecule has 0 spiro atoms. The Morgan fingerprint density at radius 2 is 1.55 bits per heavy atom. The summed E-state index contributed by atoms with van der Waals surface area (Å²) >= 11 is 0. The molecule has 0 saturated carbocycles. The third kappa shape index (κ3) is 3.51. The molecule has 0 unspecified atom stereocenters. The minimum Gasteiger partial charge on any atom is -0.338 e. The van der Waals surface area contributed by atoms with Crippen molar-refractivity contribution in [1.82, 2.24) is 9.13 Å². The molecule has 0 atom stereocenters. The Morgan fingerprint density at radius 3 is 2.38 bits per heavy atom. The summed E-state index contributed by atoms with van der Waals surface area (Å²) in [6.07, 6.45) is 12.9. The standard InChI is InChI=1S/C40H38N2/c1-26-34(40(4,5)41-22-21-31(38(26)41)27-13-7-6-8-14-27)23-28-25-39(2,3)35-24-29(19-20-30(28)35)42-36-17-11-9-15-32(36)33-16-10-12-18-37(33)42/h6-9,11,13-24H,10,12,25H2,1-5H3/b28-23+. The van der Waals surface area contributed by atoms with Crippen LogP contribution in [-0.4, -0.2) is 9.13 Å². The molecule has 2 aliphatic carbocycles. The molecule has 0 radical (unpaired) electrons. The van der Waals surface area contributed by atoms with Gasteiger partial charge in [0.25, 0.3) is 0 Å². The van der Waals surface area contributed by atoms with Gasteiger partial charge in [0.15, 0.2) is 0 Å². The number of nitrogens with zero attached hydrogens (tertiary/aromatic N) is 2.